The van der Waals surface area contributed by atoms with Crippen LogP contribution in [0.4, 0.5) is 0 Å². The molecule has 0 aromatic heterocycles. The molecule has 0 aromatic rings. The van der Waals surface area contributed by atoms with Gasteiger partial charge < -0.3 is 9.84 Å². The molecule has 0 saturated carbocycles. The minimum atomic E-state index is -0.961. The predicted octanol–water partition coefficient (Wildman–Crippen LogP) is 3.39. The Hall–Kier alpha value is -1.06. The molecule has 0 amide bonds. The van der Waals surface area contributed by atoms with Crippen molar-refractivity contribution in [2.45, 2.75) is 65.2 Å². The maximum atomic E-state index is 11.1. The lowest BCUT2D eigenvalue weighted by Crippen LogP contribution is -2.08. The third-order valence-electron chi connectivity index (χ3n) is 2.73. The van der Waals surface area contributed by atoms with Gasteiger partial charge in [-0.05, 0) is 12.3 Å². The van der Waals surface area contributed by atoms with Crippen molar-refractivity contribution < 1.29 is 19.4 Å². The highest BCUT2D eigenvalue weighted by atomic mass is 16.5. The van der Waals surface area contributed by atoms with Gasteiger partial charge in [-0.15, -0.1) is 0 Å². The van der Waals surface area contributed by atoms with E-state index >= 15 is 0 Å². The molecule has 0 aliphatic heterocycles. The van der Waals surface area contributed by atoms with Gasteiger partial charge in [0, 0.05) is 0 Å². The number of hydrogen-bond acceptors (Lipinski definition) is 3. The first-order valence-electron chi connectivity index (χ1n) is 6.89. The van der Waals surface area contributed by atoms with Crippen LogP contribution in [-0.4, -0.2) is 23.7 Å². The van der Waals surface area contributed by atoms with Gasteiger partial charge in [0.15, 0.2) is 0 Å². The lowest BCUT2D eigenvalue weighted by Gasteiger charge is -2.05. The van der Waals surface area contributed by atoms with Gasteiger partial charge in [0.1, 0.15) is 0 Å². The Morgan fingerprint density at radius 1 is 1.00 bits per heavy atom. The largest absolute Gasteiger partial charge is 0.481 e. The number of unbranched alkanes of at least 4 members (excludes halogenated alkanes) is 4. The molecule has 1 N–H and O–H groups in total. The summed E-state index contributed by atoms with van der Waals surface area (Å²) in [7, 11) is 0. The van der Waals surface area contributed by atoms with Crippen LogP contribution in [0.3, 0.4) is 0 Å². The van der Waals surface area contributed by atoms with Crippen LogP contribution in [0.1, 0.15) is 65.2 Å². The van der Waals surface area contributed by atoms with E-state index in [1.807, 2.05) is 0 Å². The number of aliphatic carboxylic acids is 1. The minimum Gasteiger partial charge on any atom is -0.481 e. The number of esters is 1. The van der Waals surface area contributed by atoms with Gasteiger partial charge in [0.05, 0.1) is 19.4 Å². The van der Waals surface area contributed by atoms with E-state index in [-0.39, 0.29) is 12.8 Å². The summed E-state index contributed by atoms with van der Waals surface area (Å²) in [5.41, 5.74) is 0. The highest BCUT2D eigenvalue weighted by molar-refractivity contribution is 5.76. The molecule has 0 aromatic carbocycles. The molecule has 4 nitrogen and oxygen atoms in total. The van der Waals surface area contributed by atoms with Crippen molar-refractivity contribution in [1.29, 1.82) is 0 Å². The maximum absolute atomic E-state index is 11.1. The number of hydrogen-bond donors (Lipinski definition) is 1. The molecule has 0 bridgehead atoms. The van der Waals surface area contributed by atoms with Crippen molar-refractivity contribution in [2.24, 2.45) is 5.92 Å². The van der Waals surface area contributed by atoms with Gasteiger partial charge in [-0.1, -0.05) is 46.0 Å². The summed E-state index contributed by atoms with van der Waals surface area (Å²) in [4.78, 5) is 21.3. The van der Waals surface area contributed by atoms with E-state index in [2.05, 4.69) is 13.8 Å². The zero-order valence-electron chi connectivity index (χ0n) is 11.6. The molecule has 0 spiro atoms. The Kier molecular flexibility index (Phi) is 10.4. The Balaban J connectivity index is 3.20. The molecule has 0 fully saturated rings. The number of ether oxygens (including phenoxy) is 1. The summed E-state index contributed by atoms with van der Waals surface area (Å²) in [5.74, 6) is -0.588. The van der Waals surface area contributed by atoms with E-state index in [0.717, 1.165) is 18.8 Å². The topological polar surface area (TPSA) is 63.6 Å². The fraction of sp³-hybridized carbons (Fsp3) is 0.857. The first-order valence-corrected chi connectivity index (χ1v) is 6.89. The number of carbonyl (C=O) groups excluding carboxylic acids is 1. The van der Waals surface area contributed by atoms with Crippen molar-refractivity contribution in [3.05, 3.63) is 0 Å². The molecule has 0 atom stereocenters. The second-order valence-electron chi connectivity index (χ2n) is 5.06. The molecule has 106 valence electrons. The highest BCUT2D eigenvalue weighted by Gasteiger charge is 2.05. The Morgan fingerprint density at radius 2 is 1.61 bits per heavy atom. The van der Waals surface area contributed by atoms with E-state index in [1.54, 1.807) is 0 Å². The molecule has 0 rings (SSSR count). The smallest absolute Gasteiger partial charge is 0.306 e. The third-order valence-corrected chi connectivity index (χ3v) is 2.73. The van der Waals surface area contributed by atoms with Crippen LogP contribution in [0, 0.1) is 5.92 Å². The van der Waals surface area contributed by atoms with Crippen LogP contribution >= 0.6 is 0 Å². The van der Waals surface area contributed by atoms with Gasteiger partial charge in [0.25, 0.3) is 0 Å². The summed E-state index contributed by atoms with van der Waals surface area (Å²) >= 11 is 0. The van der Waals surface area contributed by atoms with Gasteiger partial charge in [0.2, 0.25) is 0 Å². The normalized spacial score (nSPS) is 10.6. The van der Waals surface area contributed by atoms with Crippen molar-refractivity contribution in [3.63, 3.8) is 0 Å². The van der Waals surface area contributed by atoms with E-state index in [4.69, 9.17) is 9.84 Å². The Bertz CT molecular complexity index is 236. The predicted molar refractivity (Wildman–Crippen MR) is 70.4 cm³/mol. The first kappa shape index (κ1) is 16.9. The number of rotatable bonds is 11. The lowest BCUT2D eigenvalue weighted by atomic mass is 10.0. The average Bonchev–Trinajstić information content (AvgIpc) is 2.29. The lowest BCUT2D eigenvalue weighted by molar-refractivity contribution is -0.147. The van der Waals surface area contributed by atoms with Crippen LogP contribution in [0.2, 0.25) is 0 Å². The van der Waals surface area contributed by atoms with Crippen LogP contribution in [0.25, 0.3) is 0 Å². The molecular weight excluding hydrogens is 232 g/mol. The third kappa shape index (κ3) is 13.0. The summed E-state index contributed by atoms with van der Waals surface area (Å²) in [6, 6.07) is 0. The fourth-order valence-electron chi connectivity index (χ4n) is 1.65. The molecule has 18 heavy (non-hydrogen) atoms. The van der Waals surface area contributed by atoms with Crippen molar-refractivity contribution in [2.75, 3.05) is 6.61 Å². The maximum Gasteiger partial charge on any atom is 0.306 e. The standard InChI is InChI=1S/C14H26O4/c1-12(2)8-6-4-3-5-7-11-18-14(17)10-9-13(15)16/h12H,3-11H2,1-2H3,(H,15,16). The quantitative estimate of drug-likeness (QED) is 0.456. The van der Waals surface area contributed by atoms with Crippen molar-refractivity contribution in [1.82, 2.24) is 0 Å². The van der Waals surface area contributed by atoms with Crippen LogP contribution in [-0.2, 0) is 14.3 Å². The Labute approximate surface area is 110 Å². The summed E-state index contributed by atoms with van der Waals surface area (Å²) < 4.78 is 4.93. The Morgan fingerprint density at radius 3 is 2.22 bits per heavy atom. The van der Waals surface area contributed by atoms with E-state index < -0.39 is 11.9 Å². The zero-order chi connectivity index (χ0) is 13.8. The monoisotopic (exact) mass is 258 g/mol. The molecular formula is C14H26O4. The second-order valence-corrected chi connectivity index (χ2v) is 5.06. The van der Waals surface area contributed by atoms with E-state index in [9.17, 15) is 9.59 Å². The molecule has 0 heterocycles. The SMILES string of the molecule is CC(C)CCCCCCCOC(=O)CCC(=O)O. The summed E-state index contributed by atoms with van der Waals surface area (Å²) in [6.45, 7) is 4.88. The van der Waals surface area contributed by atoms with Gasteiger partial charge in [-0.25, -0.2) is 0 Å². The van der Waals surface area contributed by atoms with Crippen LogP contribution < -0.4 is 0 Å². The number of carbonyl (C=O) groups is 2. The summed E-state index contributed by atoms with van der Waals surface area (Å²) in [6.07, 6.45) is 6.76. The minimum absolute atomic E-state index is 0.0241. The molecule has 0 saturated heterocycles. The number of carboxylic acids is 1. The van der Waals surface area contributed by atoms with Gasteiger partial charge >= 0.3 is 11.9 Å². The van der Waals surface area contributed by atoms with Gasteiger partial charge in [-0.3, -0.25) is 9.59 Å². The fourth-order valence-corrected chi connectivity index (χ4v) is 1.65. The zero-order valence-corrected chi connectivity index (χ0v) is 11.6. The van der Waals surface area contributed by atoms with Crippen molar-refractivity contribution >= 4 is 11.9 Å². The van der Waals surface area contributed by atoms with E-state index in [0.29, 0.717) is 6.61 Å². The summed E-state index contributed by atoms with van der Waals surface area (Å²) in [5, 5.41) is 8.39. The second kappa shape index (κ2) is 11.1. The van der Waals surface area contributed by atoms with E-state index in [1.165, 1.54) is 25.7 Å². The molecule has 0 radical (unpaired) electrons. The average molecular weight is 258 g/mol. The molecule has 4 heteroatoms. The highest BCUT2D eigenvalue weighted by Crippen LogP contribution is 2.10. The first-order chi connectivity index (χ1) is 8.52. The molecule has 0 aliphatic rings. The van der Waals surface area contributed by atoms with Crippen LogP contribution in [0.5, 0.6) is 0 Å². The van der Waals surface area contributed by atoms with Crippen LogP contribution in [0.15, 0.2) is 0 Å². The van der Waals surface area contributed by atoms with Gasteiger partial charge in [-0.2, -0.15) is 0 Å². The molecule has 0 aliphatic carbocycles. The van der Waals surface area contributed by atoms with Crippen molar-refractivity contribution in [3.8, 4) is 0 Å². The molecule has 0 unspecified atom stereocenters. The number of carboxylic acid groups (broad SMARTS) is 1.